The van der Waals surface area contributed by atoms with Gasteiger partial charge >= 0.3 is 0 Å². The van der Waals surface area contributed by atoms with Crippen LogP contribution in [0.15, 0.2) is 24.3 Å². The molecule has 3 N–H and O–H groups in total. The maximum Gasteiger partial charge on any atom is 0.247 e. The fourth-order valence-corrected chi connectivity index (χ4v) is 1.49. The van der Waals surface area contributed by atoms with E-state index in [1.54, 1.807) is 12.1 Å². The van der Waals surface area contributed by atoms with E-state index in [2.05, 4.69) is 10.6 Å². The zero-order valence-electron chi connectivity index (χ0n) is 7.86. The molecule has 0 aromatic heterocycles. The summed E-state index contributed by atoms with van der Waals surface area (Å²) < 4.78 is 0. The van der Waals surface area contributed by atoms with E-state index in [1.807, 2.05) is 0 Å². The van der Waals surface area contributed by atoms with E-state index < -0.39 is 6.04 Å². The molecule has 1 saturated heterocycles. The van der Waals surface area contributed by atoms with Crippen molar-refractivity contribution in [2.45, 2.75) is 6.04 Å². The molecule has 0 saturated carbocycles. The van der Waals surface area contributed by atoms with Crippen molar-refractivity contribution < 1.29 is 14.7 Å². The highest BCUT2D eigenvalue weighted by molar-refractivity contribution is 5.95. The summed E-state index contributed by atoms with van der Waals surface area (Å²) in [7, 11) is 0. The molecule has 78 valence electrons. The van der Waals surface area contributed by atoms with Crippen LogP contribution in [0.25, 0.3) is 0 Å². The molecular weight excluding hydrogens is 196 g/mol. The molecule has 0 unspecified atom stereocenters. The van der Waals surface area contributed by atoms with Crippen LogP contribution in [0.2, 0.25) is 0 Å². The zero-order chi connectivity index (χ0) is 10.8. The van der Waals surface area contributed by atoms with Crippen molar-refractivity contribution in [2.75, 3.05) is 6.54 Å². The molecule has 1 heterocycles. The zero-order valence-corrected chi connectivity index (χ0v) is 7.86. The Morgan fingerprint density at radius 1 is 1.33 bits per heavy atom. The monoisotopic (exact) mass is 206 g/mol. The van der Waals surface area contributed by atoms with Gasteiger partial charge in [-0.05, 0) is 17.7 Å². The van der Waals surface area contributed by atoms with Gasteiger partial charge in [0.25, 0.3) is 0 Å². The summed E-state index contributed by atoms with van der Waals surface area (Å²) in [5, 5.41) is 14.3. The summed E-state index contributed by atoms with van der Waals surface area (Å²) >= 11 is 0. The Labute approximate surface area is 86.1 Å². The van der Waals surface area contributed by atoms with Gasteiger partial charge < -0.3 is 15.7 Å². The van der Waals surface area contributed by atoms with Crippen LogP contribution >= 0.6 is 0 Å². The lowest BCUT2D eigenvalue weighted by Gasteiger charge is -2.23. The minimum atomic E-state index is -0.710. The molecule has 15 heavy (non-hydrogen) atoms. The molecule has 0 radical (unpaired) electrons. The summed E-state index contributed by atoms with van der Waals surface area (Å²) in [6, 6.07) is 5.55. The first-order valence-corrected chi connectivity index (χ1v) is 4.53. The topological polar surface area (TPSA) is 78.4 Å². The molecule has 2 rings (SSSR count). The quantitative estimate of drug-likeness (QED) is 0.589. The third kappa shape index (κ3) is 1.90. The number of carbonyl (C=O) groups is 2. The number of hydrogen-bond donors (Lipinski definition) is 3. The lowest BCUT2D eigenvalue weighted by molar-refractivity contribution is -0.133. The third-order valence-corrected chi connectivity index (χ3v) is 2.19. The maximum atomic E-state index is 11.4. The van der Waals surface area contributed by atoms with Gasteiger partial charge in [-0.2, -0.15) is 0 Å². The normalized spacial score (nSPS) is 20.7. The molecule has 5 nitrogen and oxygen atoms in total. The van der Waals surface area contributed by atoms with E-state index in [1.165, 1.54) is 12.1 Å². The van der Waals surface area contributed by atoms with Crippen LogP contribution in [0.1, 0.15) is 11.6 Å². The van der Waals surface area contributed by atoms with Gasteiger partial charge in [-0.25, -0.2) is 0 Å². The molecule has 1 aromatic carbocycles. The second-order valence-electron chi connectivity index (χ2n) is 3.31. The predicted molar refractivity (Wildman–Crippen MR) is 52.0 cm³/mol. The molecule has 1 aliphatic heterocycles. The molecule has 1 atom stereocenters. The number of nitrogens with one attached hydrogen (secondary N) is 2. The van der Waals surface area contributed by atoms with Crippen LogP contribution in [0, 0.1) is 0 Å². The van der Waals surface area contributed by atoms with Gasteiger partial charge in [0, 0.05) is 0 Å². The van der Waals surface area contributed by atoms with Crippen molar-refractivity contribution in [3.63, 3.8) is 0 Å². The Morgan fingerprint density at radius 2 is 2.13 bits per heavy atom. The van der Waals surface area contributed by atoms with Gasteiger partial charge in [0.05, 0.1) is 6.54 Å². The van der Waals surface area contributed by atoms with Crippen LogP contribution in [0.3, 0.4) is 0 Å². The minimum absolute atomic E-state index is 0.00808. The van der Waals surface area contributed by atoms with E-state index in [-0.39, 0.29) is 24.1 Å². The Kier molecular flexibility index (Phi) is 2.29. The van der Waals surface area contributed by atoms with Crippen LogP contribution in [0.4, 0.5) is 0 Å². The van der Waals surface area contributed by atoms with Crippen molar-refractivity contribution in [1.82, 2.24) is 10.6 Å². The number of hydrogen-bond acceptors (Lipinski definition) is 3. The van der Waals surface area contributed by atoms with Crippen molar-refractivity contribution in [2.24, 2.45) is 0 Å². The van der Waals surface area contributed by atoms with Crippen LogP contribution in [-0.4, -0.2) is 23.5 Å². The molecule has 0 spiro atoms. The predicted octanol–water partition coefficient (Wildman–Crippen LogP) is -0.321. The average molecular weight is 206 g/mol. The van der Waals surface area contributed by atoms with Crippen LogP contribution in [-0.2, 0) is 9.59 Å². The second-order valence-corrected chi connectivity index (χ2v) is 3.31. The molecule has 5 heteroatoms. The van der Waals surface area contributed by atoms with E-state index in [0.717, 1.165) is 0 Å². The van der Waals surface area contributed by atoms with Gasteiger partial charge in [0.2, 0.25) is 11.8 Å². The van der Waals surface area contributed by atoms with Gasteiger partial charge in [-0.1, -0.05) is 12.1 Å². The summed E-state index contributed by atoms with van der Waals surface area (Å²) in [5.74, 6) is -0.428. The standard InChI is InChI=1S/C10H10N2O3/c13-7-3-1-2-6(4-7)9-10(15)11-5-8(14)12-9/h1-4,9,13H,5H2,(H,11,15)(H,12,14)/t9-/m1/s1. The Hall–Kier alpha value is -2.04. The minimum Gasteiger partial charge on any atom is -0.508 e. The first-order valence-electron chi connectivity index (χ1n) is 4.53. The van der Waals surface area contributed by atoms with E-state index in [4.69, 9.17) is 0 Å². The van der Waals surface area contributed by atoms with Crippen LogP contribution in [0.5, 0.6) is 5.75 Å². The molecule has 1 fully saturated rings. The van der Waals surface area contributed by atoms with E-state index in [0.29, 0.717) is 5.56 Å². The fourth-order valence-electron chi connectivity index (χ4n) is 1.49. The number of amides is 2. The third-order valence-electron chi connectivity index (χ3n) is 2.19. The van der Waals surface area contributed by atoms with Gasteiger partial charge in [-0.3, -0.25) is 9.59 Å². The summed E-state index contributed by atoms with van der Waals surface area (Å²) in [5.41, 5.74) is 0.570. The number of phenolic OH excluding ortho intramolecular Hbond substituents is 1. The summed E-state index contributed by atoms with van der Waals surface area (Å²) in [6.45, 7) is 0.00808. The summed E-state index contributed by atoms with van der Waals surface area (Å²) in [4.78, 5) is 22.5. The molecule has 0 bridgehead atoms. The average Bonchev–Trinajstić information content (AvgIpc) is 2.22. The molecular formula is C10H10N2O3. The Morgan fingerprint density at radius 3 is 2.87 bits per heavy atom. The molecule has 2 amide bonds. The number of rotatable bonds is 1. The second kappa shape index (κ2) is 3.61. The van der Waals surface area contributed by atoms with Gasteiger partial charge in [0.15, 0.2) is 0 Å². The number of phenols is 1. The number of benzene rings is 1. The maximum absolute atomic E-state index is 11.4. The SMILES string of the molecule is O=C1CNC(=O)[C@@H](c2cccc(O)c2)N1. The first-order chi connectivity index (χ1) is 7.16. The molecule has 0 aliphatic carbocycles. The highest BCUT2D eigenvalue weighted by Gasteiger charge is 2.27. The summed E-state index contributed by atoms with van der Waals surface area (Å²) in [6.07, 6.45) is 0. The lowest BCUT2D eigenvalue weighted by atomic mass is 10.0. The van der Waals surface area contributed by atoms with Gasteiger partial charge in [0.1, 0.15) is 11.8 Å². The van der Waals surface area contributed by atoms with Crippen LogP contribution < -0.4 is 10.6 Å². The largest absolute Gasteiger partial charge is 0.508 e. The van der Waals surface area contributed by atoms with Gasteiger partial charge in [-0.15, -0.1) is 0 Å². The highest BCUT2D eigenvalue weighted by Crippen LogP contribution is 2.19. The van der Waals surface area contributed by atoms with Crippen molar-refractivity contribution in [3.8, 4) is 5.75 Å². The molecule has 1 aliphatic rings. The number of carbonyl (C=O) groups excluding carboxylic acids is 2. The smallest absolute Gasteiger partial charge is 0.247 e. The first kappa shape index (κ1) is 9.51. The fraction of sp³-hybridized carbons (Fsp3) is 0.200. The highest BCUT2D eigenvalue weighted by atomic mass is 16.3. The van der Waals surface area contributed by atoms with E-state index >= 15 is 0 Å². The van der Waals surface area contributed by atoms with Crippen molar-refractivity contribution in [1.29, 1.82) is 0 Å². The molecule has 1 aromatic rings. The number of piperazine rings is 1. The van der Waals surface area contributed by atoms with Crippen molar-refractivity contribution >= 4 is 11.8 Å². The number of aromatic hydroxyl groups is 1. The Bertz CT molecular complexity index is 417. The Balaban J connectivity index is 2.28. The van der Waals surface area contributed by atoms with E-state index in [9.17, 15) is 14.7 Å². The lowest BCUT2D eigenvalue weighted by Crippen LogP contribution is -2.50. The van der Waals surface area contributed by atoms with Crippen molar-refractivity contribution in [3.05, 3.63) is 29.8 Å².